The van der Waals surface area contributed by atoms with Gasteiger partial charge in [-0.25, -0.2) is 9.59 Å². The molecular formula is C21H33N3O5. The van der Waals surface area contributed by atoms with Gasteiger partial charge in [0.2, 0.25) is 5.91 Å². The molecular weight excluding hydrogens is 374 g/mol. The van der Waals surface area contributed by atoms with Crippen LogP contribution in [-0.2, 0) is 14.3 Å². The van der Waals surface area contributed by atoms with Crippen molar-refractivity contribution in [2.75, 3.05) is 32.8 Å². The summed E-state index contributed by atoms with van der Waals surface area (Å²) >= 11 is 0. The third kappa shape index (κ3) is 6.32. The quantitative estimate of drug-likeness (QED) is 0.680. The highest BCUT2D eigenvalue weighted by Gasteiger charge is 2.56. The van der Waals surface area contributed by atoms with E-state index in [0.29, 0.717) is 32.6 Å². The van der Waals surface area contributed by atoms with Crippen molar-refractivity contribution in [2.45, 2.75) is 46.6 Å². The first-order chi connectivity index (χ1) is 13.6. The molecule has 1 atom stereocenters. The smallest absolute Gasteiger partial charge is 0.413 e. The van der Waals surface area contributed by atoms with E-state index < -0.39 is 17.6 Å². The van der Waals surface area contributed by atoms with Gasteiger partial charge < -0.3 is 19.7 Å². The Labute approximate surface area is 172 Å². The number of carbonyl (C=O) groups is 3. The summed E-state index contributed by atoms with van der Waals surface area (Å²) in [5.41, 5.74) is 0.153. The molecule has 2 saturated heterocycles. The summed E-state index contributed by atoms with van der Waals surface area (Å²) in [7, 11) is 0. The maximum atomic E-state index is 12.6. The SMILES string of the molecule is C/C=C\C=C(/C)CCOC(=O)NC(=O)[C@@H]1CNCC12CN(C(=O)OC(C)(C)C)C2. The number of allylic oxidation sites excluding steroid dienone is 3. The van der Waals surface area contributed by atoms with Gasteiger partial charge in [-0.1, -0.05) is 23.8 Å². The second-order valence-corrected chi connectivity index (χ2v) is 8.80. The first kappa shape index (κ1) is 22.9. The number of likely N-dealkylation sites (tertiary alicyclic amines) is 1. The van der Waals surface area contributed by atoms with Gasteiger partial charge in [-0.3, -0.25) is 10.1 Å². The largest absolute Gasteiger partial charge is 0.449 e. The minimum atomic E-state index is -0.737. The molecule has 0 aromatic heterocycles. The fourth-order valence-electron chi connectivity index (χ4n) is 3.55. The van der Waals surface area contributed by atoms with E-state index in [9.17, 15) is 14.4 Å². The van der Waals surface area contributed by atoms with Crippen LogP contribution in [0.15, 0.2) is 23.8 Å². The first-order valence-corrected chi connectivity index (χ1v) is 10.0. The van der Waals surface area contributed by atoms with Gasteiger partial charge in [-0.2, -0.15) is 0 Å². The molecule has 0 aromatic carbocycles. The van der Waals surface area contributed by atoms with Gasteiger partial charge in [0.1, 0.15) is 5.60 Å². The van der Waals surface area contributed by atoms with Gasteiger partial charge in [0.05, 0.1) is 12.5 Å². The molecule has 162 valence electrons. The van der Waals surface area contributed by atoms with E-state index in [1.807, 2.05) is 52.8 Å². The van der Waals surface area contributed by atoms with Crippen LogP contribution in [-0.4, -0.2) is 61.4 Å². The molecule has 29 heavy (non-hydrogen) atoms. The Morgan fingerprint density at radius 3 is 2.59 bits per heavy atom. The molecule has 2 aliphatic rings. The summed E-state index contributed by atoms with van der Waals surface area (Å²) in [4.78, 5) is 38.3. The van der Waals surface area contributed by atoms with Crippen LogP contribution in [0.2, 0.25) is 0 Å². The molecule has 8 nitrogen and oxygen atoms in total. The minimum absolute atomic E-state index is 0.208. The fourth-order valence-corrected chi connectivity index (χ4v) is 3.55. The number of nitrogens with zero attached hydrogens (tertiary/aromatic N) is 1. The van der Waals surface area contributed by atoms with Gasteiger partial charge in [-0.15, -0.1) is 0 Å². The van der Waals surface area contributed by atoms with E-state index in [0.717, 1.165) is 5.57 Å². The molecule has 2 fully saturated rings. The van der Waals surface area contributed by atoms with Crippen molar-refractivity contribution >= 4 is 18.1 Å². The molecule has 0 aliphatic carbocycles. The highest BCUT2D eigenvalue weighted by Crippen LogP contribution is 2.41. The van der Waals surface area contributed by atoms with Crippen molar-refractivity contribution in [3.8, 4) is 0 Å². The maximum Gasteiger partial charge on any atom is 0.413 e. The number of hydrogen-bond donors (Lipinski definition) is 2. The third-order valence-electron chi connectivity index (χ3n) is 5.07. The molecule has 0 radical (unpaired) electrons. The summed E-state index contributed by atoms with van der Waals surface area (Å²) in [6.07, 6.45) is 5.28. The molecule has 1 spiro atoms. The monoisotopic (exact) mass is 407 g/mol. The molecule has 2 N–H and O–H groups in total. The van der Waals surface area contributed by atoms with Crippen LogP contribution in [0.3, 0.4) is 0 Å². The second-order valence-electron chi connectivity index (χ2n) is 8.80. The van der Waals surface area contributed by atoms with Gasteiger partial charge >= 0.3 is 12.2 Å². The number of carbonyl (C=O) groups excluding carboxylic acids is 3. The lowest BCUT2D eigenvalue weighted by molar-refractivity contribution is -0.131. The topological polar surface area (TPSA) is 97.0 Å². The number of imide groups is 1. The van der Waals surface area contributed by atoms with Crippen LogP contribution in [0.1, 0.15) is 41.0 Å². The maximum absolute atomic E-state index is 12.6. The standard InChI is InChI=1S/C21H33N3O5/c1-6-7-8-15(2)9-10-28-18(26)23-17(25)16-11-22-12-21(16)13-24(14-21)19(27)29-20(3,4)5/h6-8,16,22H,9-14H2,1-5H3,(H,23,25,26)/b7-6-,15-8+/t16-/m0/s1. The molecule has 2 rings (SSSR count). The van der Waals surface area contributed by atoms with Gasteiger partial charge in [0, 0.05) is 38.0 Å². The summed E-state index contributed by atoms with van der Waals surface area (Å²) in [5, 5.41) is 5.54. The lowest BCUT2D eigenvalue weighted by Gasteiger charge is -2.49. The number of rotatable bonds is 5. The summed E-state index contributed by atoms with van der Waals surface area (Å²) in [5.74, 6) is -0.768. The number of amides is 3. The highest BCUT2D eigenvalue weighted by atomic mass is 16.6. The number of hydrogen-bond acceptors (Lipinski definition) is 6. The lowest BCUT2D eigenvalue weighted by atomic mass is 9.71. The zero-order valence-electron chi connectivity index (χ0n) is 18.0. The first-order valence-electron chi connectivity index (χ1n) is 10.0. The van der Waals surface area contributed by atoms with E-state index in [1.165, 1.54) is 0 Å². The Hall–Kier alpha value is -2.35. The molecule has 0 aromatic rings. The van der Waals surface area contributed by atoms with Crippen molar-refractivity contribution < 1.29 is 23.9 Å². The van der Waals surface area contributed by atoms with Crippen molar-refractivity contribution in [1.29, 1.82) is 0 Å². The van der Waals surface area contributed by atoms with E-state index in [4.69, 9.17) is 9.47 Å². The normalized spacial score (nSPS) is 21.2. The lowest BCUT2D eigenvalue weighted by Crippen LogP contribution is -2.64. The predicted molar refractivity (Wildman–Crippen MR) is 109 cm³/mol. The molecule has 2 aliphatic heterocycles. The highest BCUT2D eigenvalue weighted by molar-refractivity contribution is 5.94. The second kappa shape index (κ2) is 9.43. The molecule has 2 heterocycles. The average Bonchev–Trinajstić information content (AvgIpc) is 3.02. The Morgan fingerprint density at radius 2 is 1.97 bits per heavy atom. The number of alkyl carbamates (subject to hydrolysis) is 1. The Kier molecular flexibility index (Phi) is 7.46. The Bertz CT molecular complexity index is 687. The van der Waals surface area contributed by atoms with Crippen LogP contribution >= 0.6 is 0 Å². The summed E-state index contributed by atoms with van der Waals surface area (Å²) < 4.78 is 10.5. The van der Waals surface area contributed by atoms with Crippen LogP contribution < -0.4 is 10.6 Å². The summed E-state index contributed by atoms with van der Waals surface area (Å²) in [6, 6.07) is 0. The van der Waals surface area contributed by atoms with Crippen LogP contribution in [0.25, 0.3) is 0 Å². The fraction of sp³-hybridized carbons (Fsp3) is 0.667. The summed E-state index contributed by atoms with van der Waals surface area (Å²) in [6.45, 7) is 11.5. The van der Waals surface area contributed by atoms with Crippen molar-refractivity contribution in [3.63, 3.8) is 0 Å². The van der Waals surface area contributed by atoms with Crippen LogP contribution in [0, 0.1) is 11.3 Å². The molecule has 0 unspecified atom stereocenters. The number of ether oxygens (including phenoxy) is 2. The number of nitrogens with one attached hydrogen (secondary N) is 2. The zero-order chi connectivity index (χ0) is 21.7. The van der Waals surface area contributed by atoms with Gasteiger partial charge in [-0.05, 0) is 34.6 Å². The van der Waals surface area contributed by atoms with E-state index in [1.54, 1.807) is 4.90 Å². The predicted octanol–water partition coefficient (Wildman–Crippen LogP) is 2.61. The van der Waals surface area contributed by atoms with Crippen molar-refractivity contribution in [1.82, 2.24) is 15.5 Å². The third-order valence-corrected chi connectivity index (χ3v) is 5.07. The van der Waals surface area contributed by atoms with Gasteiger partial charge in [0.25, 0.3) is 0 Å². The van der Waals surface area contributed by atoms with E-state index in [-0.39, 0.29) is 24.0 Å². The van der Waals surface area contributed by atoms with Crippen molar-refractivity contribution in [2.24, 2.45) is 11.3 Å². The van der Waals surface area contributed by atoms with Crippen LogP contribution in [0.5, 0.6) is 0 Å². The minimum Gasteiger partial charge on any atom is -0.449 e. The molecule has 0 saturated carbocycles. The molecule has 8 heteroatoms. The van der Waals surface area contributed by atoms with E-state index in [2.05, 4.69) is 10.6 Å². The molecule has 3 amide bonds. The van der Waals surface area contributed by atoms with E-state index >= 15 is 0 Å². The Balaban J connectivity index is 1.80. The van der Waals surface area contributed by atoms with Gasteiger partial charge in [0.15, 0.2) is 0 Å². The Morgan fingerprint density at radius 1 is 1.28 bits per heavy atom. The zero-order valence-corrected chi connectivity index (χ0v) is 18.0. The van der Waals surface area contributed by atoms with Crippen molar-refractivity contribution in [3.05, 3.63) is 23.8 Å². The average molecular weight is 408 g/mol. The van der Waals surface area contributed by atoms with Crippen LogP contribution in [0.4, 0.5) is 9.59 Å². The molecule has 0 bridgehead atoms.